The van der Waals surface area contributed by atoms with Gasteiger partial charge in [0.05, 0.1) is 29.7 Å². The minimum Gasteiger partial charge on any atom is -0.447 e. The molecule has 2 aliphatic carbocycles. The van der Waals surface area contributed by atoms with E-state index >= 15 is 0 Å². The first-order valence-electron chi connectivity index (χ1n) is 37.3. The zero-order valence-corrected chi connectivity index (χ0v) is 62.1. The van der Waals surface area contributed by atoms with Crippen LogP contribution in [0.1, 0.15) is 123 Å². The Labute approximate surface area is 650 Å². The molecule has 5 fully saturated rings. The second-order valence-electron chi connectivity index (χ2n) is 27.1. The van der Waals surface area contributed by atoms with Gasteiger partial charge in [0.2, 0.25) is 5.82 Å². The molecule has 6 aromatic carbocycles. The minimum atomic E-state index is -2.30. The topological polar surface area (TPSA) is 246 Å². The Morgan fingerprint density at radius 1 is 0.407 bits per heavy atom. The molecule has 0 spiro atoms. The number of halogens is 5. The van der Waals surface area contributed by atoms with Gasteiger partial charge in [-0.2, -0.15) is 0 Å². The first-order valence-corrected chi connectivity index (χ1v) is 37.3. The van der Waals surface area contributed by atoms with E-state index in [9.17, 15) is 69.9 Å². The second-order valence-corrected chi connectivity index (χ2v) is 27.1. The van der Waals surface area contributed by atoms with E-state index in [4.69, 9.17) is 23.7 Å². The van der Waals surface area contributed by atoms with Crippen molar-refractivity contribution < 1.29 is 93.6 Å². The van der Waals surface area contributed by atoms with Gasteiger partial charge in [0.1, 0.15) is 39.1 Å². The fourth-order valence-electron chi connectivity index (χ4n) is 13.3. The molecular weight excluding hydrogens is 1460 g/mol. The van der Waals surface area contributed by atoms with Gasteiger partial charge < -0.3 is 23.7 Å². The number of ether oxygens (including phenoxy) is 5. The smallest absolute Gasteiger partial charge is 0.417 e. The summed E-state index contributed by atoms with van der Waals surface area (Å²) in [6.45, 7) is 3.07. The average Bonchev–Trinajstić information content (AvgIpc) is 1.54. The summed E-state index contributed by atoms with van der Waals surface area (Å²) in [4.78, 5) is 131. The minimum absolute atomic E-state index is 0.0875. The van der Waals surface area contributed by atoms with Crippen molar-refractivity contribution >= 4 is 72.2 Å². The summed E-state index contributed by atoms with van der Waals surface area (Å²) < 4.78 is 92.0. The SMILES string of the molecule is CCCCC/C=C/C(=O)N1C(=O)OC[C@@H]1Cc1ccccc1.O=C(/C=C/c1c(F)c(F)c(F)c(F)c1F)N1C(=O)OC[C@@H]1Cc1ccccc1.O=C(/C=C/c1ccncc1)N1C(=O)OC[C@@H]1c1ccccc1.O=C1OC[C@H](Cc2ccccc2)N1C(=O)C1=CCCC1.O=C1OC[C@H](Cc2ccccc2)N1C(=O)C1=CCCCC1. The Morgan fingerprint density at radius 3 is 1.19 bits per heavy atom. The number of unbranched alkanes of at least 4 members (excludes halogenated alkanes) is 3. The van der Waals surface area contributed by atoms with Gasteiger partial charge >= 0.3 is 30.5 Å². The fourth-order valence-corrected chi connectivity index (χ4v) is 13.3. The quantitative estimate of drug-likeness (QED) is 0.0172. The van der Waals surface area contributed by atoms with E-state index in [1.54, 1.807) is 60.9 Å². The predicted octanol–water partition coefficient (Wildman–Crippen LogP) is 16.3. The lowest BCUT2D eigenvalue weighted by atomic mass is 9.97. The van der Waals surface area contributed by atoms with E-state index in [-0.39, 0.29) is 81.3 Å². The highest BCUT2D eigenvalue weighted by Gasteiger charge is 2.43. The Kier molecular flexibility index (Phi) is 30.5. The predicted molar refractivity (Wildman–Crippen MR) is 406 cm³/mol. The number of carbonyl (C=O) groups excluding carboxylic acids is 10. The van der Waals surface area contributed by atoms with Crippen molar-refractivity contribution in [3.8, 4) is 0 Å². The van der Waals surface area contributed by atoms with Crippen LogP contribution in [0.15, 0.2) is 224 Å². The summed E-state index contributed by atoms with van der Waals surface area (Å²) in [5.41, 5.74) is 6.07. The molecule has 0 saturated carbocycles. The van der Waals surface area contributed by atoms with Gasteiger partial charge in [-0.25, -0.2) is 70.4 Å². The molecule has 6 heterocycles. The van der Waals surface area contributed by atoms with Gasteiger partial charge in [-0.05, 0) is 147 Å². The van der Waals surface area contributed by atoms with Gasteiger partial charge in [-0.3, -0.25) is 29.0 Å². The van der Waals surface area contributed by atoms with E-state index in [1.807, 2.05) is 140 Å². The number of cyclic esters (lactones) is 5. The first-order chi connectivity index (χ1) is 54.8. The Bertz CT molecular complexity index is 4620. The zero-order chi connectivity index (χ0) is 80.2. The number of hydrogen-bond donors (Lipinski definition) is 0. The normalized spacial score (nSPS) is 19.0. The van der Waals surface area contributed by atoms with E-state index < -0.39 is 83.0 Å². The monoisotopic (exact) mass is 1550 g/mol. The van der Waals surface area contributed by atoms with E-state index in [0.29, 0.717) is 31.4 Å². The highest BCUT2D eigenvalue weighted by atomic mass is 19.2. The highest BCUT2D eigenvalue weighted by molar-refractivity contribution is 6.05. The van der Waals surface area contributed by atoms with Gasteiger partial charge in [0.15, 0.2) is 23.3 Å². The van der Waals surface area contributed by atoms with Crippen LogP contribution < -0.4 is 0 Å². The third-order valence-electron chi connectivity index (χ3n) is 19.2. The van der Waals surface area contributed by atoms with Gasteiger partial charge in [0.25, 0.3) is 29.5 Å². The lowest BCUT2D eigenvalue weighted by Crippen LogP contribution is -2.41. The number of allylic oxidation sites excluding steroid dienone is 3. The molecule has 0 unspecified atom stereocenters. The molecule has 7 aromatic rings. The van der Waals surface area contributed by atoms with Crippen molar-refractivity contribution in [2.45, 2.75) is 133 Å². The summed E-state index contributed by atoms with van der Waals surface area (Å²) in [5, 5.41) is 0. The van der Waals surface area contributed by atoms with E-state index in [0.717, 1.165) is 125 Å². The van der Waals surface area contributed by atoms with E-state index in [1.165, 1.54) is 26.9 Å². The third-order valence-corrected chi connectivity index (χ3v) is 19.2. The van der Waals surface area contributed by atoms with Crippen LogP contribution in [0.5, 0.6) is 0 Å². The first kappa shape index (κ1) is 83.0. The number of aromatic nitrogens is 1. The van der Waals surface area contributed by atoms with Crippen molar-refractivity contribution in [2.75, 3.05) is 33.0 Å². The molecule has 1 aromatic heterocycles. The van der Waals surface area contributed by atoms with Crippen LogP contribution in [-0.2, 0) is 73.3 Å². The largest absolute Gasteiger partial charge is 0.447 e. The Hall–Kier alpha value is -12.5. The molecule has 7 aliphatic rings. The second kappa shape index (κ2) is 41.5. The molecule has 0 bridgehead atoms. The van der Waals surface area contributed by atoms with Crippen molar-refractivity contribution in [1.82, 2.24) is 29.5 Å². The molecule has 26 heteroatoms. The molecule has 14 rings (SSSR count). The van der Waals surface area contributed by atoms with Crippen molar-refractivity contribution in [2.24, 2.45) is 0 Å². The summed E-state index contributed by atoms with van der Waals surface area (Å²) >= 11 is 0. The van der Waals surface area contributed by atoms with Crippen LogP contribution in [0.2, 0.25) is 0 Å². The summed E-state index contributed by atoms with van der Waals surface area (Å²) in [6, 6.07) is 49.7. The van der Waals surface area contributed by atoms with Gasteiger partial charge in [-0.15, -0.1) is 0 Å². The Balaban J connectivity index is 0.000000150. The molecule has 10 amide bonds. The summed E-state index contributed by atoms with van der Waals surface area (Å²) in [5.74, 6) is -12.7. The van der Waals surface area contributed by atoms with Crippen LogP contribution in [0, 0.1) is 29.1 Å². The number of nitrogens with zero attached hydrogens (tertiary/aromatic N) is 6. The number of imide groups is 5. The van der Waals surface area contributed by atoms with Crippen LogP contribution in [-0.4, -0.2) is 147 Å². The molecular formula is C87H85F5N6O15. The number of amides is 10. The third kappa shape index (κ3) is 22.6. The number of carbonyl (C=O) groups is 10. The van der Waals surface area contributed by atoms with Gasteiger partial charge in [0, 0.05) is 35.7 Å². The lowest BCUT2D eigenvalue weighted by Gasteiger charge is -2.22. The van der Waals surface area contributed by atoms with Crippen LogP contribution >= 0.6 is 0 Å². The standard InChI is InChI=1S/C19H12F5NO3.C18H23NO3.C17H14N2O3.C17H19NO3.C16H17NO3/c20-14-12(15(21)17(23)18(24)16(14)22)6-7-13(26)25-11(9-28-19(25)27)8-10-4-2-1-3-5-10;1-2-3-4-5-9-12-17(20)19-16(14-22-18(19)21)13-15-10-7-6-8-11-15;20-16(7-6-13-8-10-18-11-9-13)19-15(12-22-17(19)21)14-4-2-1-3-5-14;19-16(14-9-5-2-6-10-14)18-15(12-21-17(18)20)11-13-7-3-1-4-8-13;18-15(13-8-4-5-9-13)17-14(11-20-16(17)19)10-12-6-2-1-3-7-12/h1-7,11H,8-9H2;6-12,16H,2-5,13-14H2,1H3;1-11,15H,12H2;1,3-4,7-9,15H,2,5-6,10-12H2;1-3,6-8,14H,4-5,9-11H2/b7-6+;12-9+;7-6+;;/t11-;16-;2*15-;14-/m00100/s1. The average molecular weight is 1550 g/mol. The Morgan fingerprint density at radius 2 is 0.770 bits per heavy atom. The molecule has 0 N–H and O–H groups in total. The molecule has 588 valence electrons. The zero-order valence-electron chi connectivity index (χ0n) is 62.1. The van der Waals surface area contributed by atoms with Gasteiger partial charge in [-0.1, -0.05) is 190 Å². The molecule has 5 saturated heterocycles. The maximum Gasteiger partial charge on any atom is 0.417 e. The number of benzene rings is 6. The molecule has 0 radical (unpaired) electrons. The van der Waals surface area contributed by atoms with Crippen LogP contribution in [0.3, 0.4) is 0 Å². The molecule has 5 atom stereocenters. The summed E-state index contributed by atoms with van der Waals surface area (Å²) in [6.07, 6.45) is 24.4. The van der Waals surface area contributed by atoms with Crippen LogP contribution in [0.25, 0.3) is 12.2 Å². The number of rotatable bonds is 20. The van der Waals surface area contributed by atoms with Crippen molar-refractivity contribution in [3.05, 3.63) is 292 Å². The molecule has 113 heavy (non-hydrogen) atoms. The lowest BCUT2D eigenvalue weighted by molar-refractivity contribution is -0.126. The number of hydrogen-bond acceptors (Lipinski definition) is 16. The van der Waals surface area contributed by atoms with E-state index in [2.05, 4.69) is 11.9 Å². The maximum absolute atomic E-state index is 13.7. The molecule has 21 nitrogen and oxygen atoms in total. The maximum atomic E-state index is 13.7. The fraction of sp³-hybridized carbons (Fsp3) is 0.299. The van der Waals surface area contributed by atoms with Crippen molar-refractivity contribution in [3.63, 3.8) is 0 Å². The van der Waals surface area contributed by atoms with Crippen LogP contribution in [0.4, 0.5) is 45.9 Å². The molecule has 5 aliphatic heterocycles. The number of pyridine rings is 1. The highest BCUT2D eigenvalue weighted by Crippen LogP contribution is 2.31. The summed E-state index contributed by atoms with van der Waals surface area (Å²) in [7, 11) is 0. The van der Waals surface area contributed by atoms with Crippen molar-refractivity contribution in [1.29, 1.82) is 0 Å².